The molecule has 0 aliphatic carbocycles. The molecule has 178 valence electrons. The molecule has 0 amide bonds. The average molecular weight is 469 g/mol. The van der Waals surface area contributed by atoms with Crippen molar-refractivity contribution >= 4 is 22.7 Å². The van der Waals surface area contributed by atoms with Crippen LogP contribution in [0.15, 0.2) is 41.2 Å². The molecular formula is C24H26F2N6O2. The van der Waals surface area contributed by atoms with Gasteiger partial charge >= 0.3 is 12.3 Å². The molecule has 0 radical (unpaired) electrons. The predicted octanol–water partition coefficient (Wildman–Crippen LogP) is 4.14. The second-order valence-electron chi connectivity index (χ2n) is 8.60. The number of benzene rings is 1. The Kier molecular flexibility index (Phi) is 6.48. The maximum atomic E-state index is 12.6. The Morgan fingerprint density at radius 3 is 2.44 bits per heavy atom. The van der Waals surface area contributed by atoms with Crippen LogP contribution in [0.5, 0.6) is 5.75 Å². The summed E-state index contributed by atoms with van der Waals surface area (Å²) in [4.78, 5) is 29.2. The standard InChI is InChI=1S/C24H26F2N6O2/c1-14-13-32(22-21-19(30(5)24(33)29-22)10-11-20(27-4)28-21)15(2)12-31(14)16(3)17-6-8-18(9-7-17)34-23(25)26/h6-11,14-16,23H,12-13H2,1-3,5H3/t14-,15+,16?/m1/s1. The van der Waals surface area contributed by atoms with E-state index in [-0.39, 0.29) is 35.4 Å². The molecule has 1 unspecified atom stereocenters. The predicted molar refractivity (Wildman–Crippen MR) is 126 cm³/mol. The van der Waals surface area contributed by atoms with E-state index in [1.165, 1.54) is 4.57 Å². The number of fused-ring (bicyclic) bond motifs is 1. The zero-order chi connectivity index (χ0) is 24.6. The van der Waals surface area contributed by atoms with Crippen LogP contribution in [0, 0.1) is 6.57 Å². The number of ether oxygens (including phenoxy) is 1. The number of halogens is 2. The maximum Gasteiger partial charge on any atom is 0.387 e. The lowest BCUT2D eigenvalue weighted by Gasteiger charge is -2.47. The highest BCUT2D eigenvalue weighted by Gasteiger charge is 2.35. The first-order valence-corrected chi connectivity index (χ1v) is 11.0. The first-order chi connectivity index (χ1) is 16.2. The van der Waals surface area contributed by atoms with Gasteiger partial charge < -0.3 is 14.5 Å². The smallest absolute Gasteiger partial charge is 0.387 e. The molecule has 10 heteroatoms. The molecule has 1 saturated heterocycles. The Bertz CT molecular complexity index is 1290. The summed E-state index contributed by atoms with van der Waals surface area (Å²) < 4.78 is 30.8. The van der Waals surface area contributed by atoms with Crippen LogP contribution < -0.4 is 15.3 Å². The highest BCUT2D eigenvalue weighted by atomic mass is 19.3. The average Bonchev–Trinajstić information content (AvgIpc) is 2.82. The largest absolute Gasteiger partial charge is 0.435 e. The van der Waals surface area contributed by atoms with E-state index in [0.717, 1.165) is 5.56 Å². The number of piperazine rings is 1. The number of aryl methyl sites for hydroxylation is 1. The van der Waals surface area contributed by atoms with Gasteiger partial charge in [0.25, 0.3) is 5.82 Å². The molecule has 2 aromatic heterocycles. The summed E-state index contributed by atoms with van der Waals surface area (Å²) in [6, 6.07) is 10.2. The van der Waals surface area contributed by atoms with Crippen molar-refractivity contribution in [3.63, 3.8) is 0 Å². The van der Waals surface area contributed by atoms with E-state index in [2.05, 4.69) is 50.1 Å². The second kappa shape index (κ2) is 9.35. The van der Waals surface area contributed by atoms with Gasteiger partial charge in [0.15, 0.2) is 5.82 Å². The quantitative estimate of drug-likeness (QED) is 0.525. The van der Waals surface area contributed by atoms with Gasteiger partial charge in [-0.2, -0.15) is 13.8 Å². The minimum atomic E-state index is -2.85. The number of hydrogen-bond acceptors (Lipinski definition) is 6. The number of hydrogen-bond donors (Lipinski definition) is 0. The fourth-order valence-corrected chi connectivity index (χ4v) is 4.57. The molecule has 3 heterocycles. The van der Waals surface area contributed by atoms with Crippen molar-refractivity contribution in [1.82, 2.24) is 19.4 Å². The summed E-state index contributed by atoms with van der Waals surface area (Å²) in [6.07, 6.45) is 0. The van der Waals surface area contributed by atoms with Gasteiger partial charge in [-0.15, -0.1) is 4.98 Å². The minimum absolute atomic E-state index is 0.0151. The van der Waals surface area contributed by atoms with Gasteiger partial charge in [0.1, 0.15) is 5.75 Å². The van der Waals surface area contributed by atoms with E-state index in [9.17, 15) is 13.6 Å². The van der Waals surface area contributed by atoms with E-state index in [1.54, 1.807) is 43.4 Å². The summed E-state index contributed by atoms with van der Waals surface area (Å²) in [6.45, 7) is 12.0. The molecule has 1 aliphatic rings. The third-order valence-corrected chi connectivity index (χ3v) is 6.43. The van der Waals surface area contributed by atoms with Crippen LogP contribution in [-0.4, -0.2) is 51.2 Å². The lowest BCUT2D eigenvalue weighted by Crippen LogP contribution is -2.57. The Balaban J connectivity index is 1.61. The third-order valence-electron chi connectivity index (χ3n) is 6.43. The van der Waals surface area contributed by atoms with E-state index < -0.39 is 6.61 Å². The normalized spacial score (nSPS) is 19.9. The highest BCUT2D eigenvalue weighted by molar-refractivity contribution is 5.87. The van der Waals surface area contributed by atoms with E-state index in [1.807, 2.05) is 0 Å². The number of nitrogens with zero attached hydrogens (tertiary/aromatic N) is 6. The lowest BCUT2D eigenvalue weighted by molar-refractivity contribution is -0.0498. The Morgan fingerprint density at radius 1 is 1.09 bits per heavy atom. The van der Waals surface area contributed by atoms with Crippen LogP contribution in [0.4, 0.5) is 20.4 Å². The monoisotopic (exact) mass is 468 g/mol. The molecule has 34 heavy (non-hydrogen) atoms. The van der Waals surface area contributed by atoms with Gasteiger partial charge in [-0.3, -0.25) is 9.47 Å². The summed E-state index contributed by atoms with van der Waals surface area (Å²) in [5, 5.41) is 0. The van der Waals surface area contributed by atoms with Crippen LogP contribution in [0.1, 0.15) is 32.4 Å². The zero-order valence-electron chi connectivity index (χ0n) is 19.4. The van der Waals surface area contributed by atoms with Crippen LogP contribution >= 0.6 is 0 Å². The van der Waals surface area contributed by atoms with Crippen LogP contribution in [0.3, 0.4) is 0 Å². The number of aromatic nitrogens is 3. The Hall–Kier alpha value is -3.58. The highest BCUT2D eigenvalue weighted by Crippen LogP contribution is 2.32. The number of pyridine rings is 1. The Morgan fingerprint density at radius 2 is 1.79 bits per heavy atom. The SMILES string of the molecule is [C-]#[N+]c1ccc2c(n1)c(N1C[C@@H](C)N(C(C)c3ccc(OC(F)F)cc3)C[C@@H]1C)nc(=O)n2C. The van der Waals surface area contributed by atoms with Gasteiger partial charge in [-0.25, -0.2) is 4.79 Å². The molecule has 0 saturated carbocycles. The van der Waals surface area contributed by atoms with Gasteiger partial charge in [-0.1, -0.05) is 18.7 Å². The van der Waals surface area contributed by atoms with Crippen molar-refractivity contribution in [2.75, 3.05) is 18.0 Å². The van der Waals surface area contributed by atoms with Crippen molar-refractivity contribution in [2.24, 2.45) is 7.05 Å². The first kappa shape index (κ1) is 23.6. The van der Waals surface area contributed by atoms with Crippen molar-refractivity contribution in [3.8, 4) is 5.75 Å². The van der Waals surface area contributed by atoms with Gasteiger partial charge in [0.05, 0.1) is 5.52 Å². The molecule has 1 aliphatic heterocycles. The summed E-state index contributed by atoms with van der Waals surface area (Å²) >= 11 is 0. The fraction of sp³-hybridized carbons (Fsp3) is 0.417. The van der Waals surface area contributed by atoms with E-state index in [0.29, 0.717) is 29.9 Å². The molecule has 0 N–H and O–H groups in total. The number of rotatable bonds is 5. The third kappa shape index (κ3) is 4.43. The van der Waals surface area contributed by atoms with Crippen molar-refractivity contribution in [1.29, 1.82) is 0 Å². The fourth-order valence-electron chi connectivity index (χ4n) is 4.57. The van der Waals surface area contributed by atoms with Crippen molar-refractivity contribution < 1.29 is 13.5 Å². The zero-order valence-corrected chi connectivity index (χ0v) is 19.4. The number of anilines is 1. The molecule has 0 spiro atoms. The van der Waals surface area contributed by atoms with Gasteiger partial charge in [0.2, 0.25) is 5.52 Å². The van der Waals surface area contributed by atoms with E-state index in [4.69, 9.17) is 6.57 Å². The first-order valence-electron chi connectivity index (χ1n) is 11.0. The lowest BCUT2D eigenvalue weighted by atomic mass is 10.0. The summed E-state index contributed by atoms with van der Waals surface area (Å²) in [7, 11) is 1.64. The van der Waals surface area contributed by atoms with Crippen molar-refractivity contribution in [2.45, 2.75) is 45.5 Å². The van der Waals surface area contributed by atoms with Gasteiger partial charge in [-0.05, 0) is 50.6 Å². The maximum absolute atomic E-state index is 12.6. The van der Waals surface area contributed by atoms with Gasteiger partial charge in [0, 0.05) is 38.3 Å². The molecule has 4 rings (SSSR count). The molecule has 1 fully saturated rings. The Labute approximate surface area is 196 Å². The summed E-state index contributed by atoms with van der Waals surface area (Å²) in [5.41, 5.74) is 1.78. The molecule has 0 bridgehead atoms. The number of alkyl halides is 2. The second-order valence-corrected chi connectivity index (χ2v) is 8.60. The van der Waals surface area contributed by atoms with Crippen LogP contribution in [0.2, 0.25) is 0 Å². The molecular weight excluding hydrogens is 442 g/mol. The molecule has 1 aromatic carbocycles. The van der Waals surface area contributed by atoms with E-state index >= 15 is 0 Å². The van der Waals surface area contributed by atoms with Crippen LogP contribution in [0.25, 0.3) is 15.9 Å². The van der Waals surface area contributed by atoms with Crippen molar-refractivity contribution in [3.05, 3.63) is 63.9 Å². The summed E-state index contributed by atoms with van der Waals surface area (Å²) in [5.74, 6) is 0.872. The molecule has 8 nitrogen and oxygen atoms in total. The molecule has 3 atom stereocenters. The molecule has 3 aromatic rings. The van der Waals surface area contributed by atoms with Crippen LogP contribution in [-0.2, 0) is 7.05 Å². The minimum Gasteiger partial charge on any atom is -0.435 e. The topological polar surface area (TPSA) is 67.9 Å².